The van der Waals surface area contributed by atoms with Crippen LogP contribution in [-0.4, -0.2) is 35.9 Å². The van der Waals surface area contributed by atoms with Crippen molar-refractivity contribution in [2.45, 2.75) is 24.9 Å². The van der Waals surface area contributed by atoms with E-state index >= 15 is 0 Å². The second-order valence-electron chi connectivity index (χ2n) is 6.19. The van der Waals surface area contributed by atoms with Crippen molar-refractivity contribution < 1.29 is 36.2 Å². The molecule has 1 atom stereocenters. The maximum Gasteiger partial charge on any atom is 0.426 e. The zero-order valence-corrected chi connectivity index (χ0v) is 15.3. The number of hydrazone groups is 1. The molecule has 158 valence electrons. The summed E-state index contributed by atoms with van der Waals surface area (Å²) in [7, 11) is 1.36. The molecule has 2 N–H and O–H groups in total. The SMILES string of the molecule is COc1ccc(/C(=N/Nc2ccccc2)[C@H](C)C(O)(C(F)(F)F)C(F)(F)F)cc1. The number of ether oxygens (including phenoxy) is 1. The number of anilines is 1. The van der Waals surface area contributed by atoms with Crippen molar-refractivity contribution in [1.82, 2.24) is 0 Å². The lowest BCUT2D eigenvalue weighted by atomic mass is 9.81. The maximum absolute atomic E-state index is 13.3. The molecule has 0 bridgehead atoms. The van der Waals surface area contributed by atoms with E-state index in [1.54, 1.807) is 18.2 Å². The number of rotatable bonds is 6. The Morgan fingerprint density at radius 1 is 0.931 bits per heavy atom. The highest BCUT2D eigenvalue weighted by molar-refractivity contribution is 6.03. The number of aliphatic hydroxyl groups is 1. The smallest absolute Gasteiger partial charge is 0.426 e. The van der Waals surface area contributed by atoms with Gasteiger partial charge in [-0.25, -0.2) is 0 Å². The van der Waals surface area contributed by atoms with Gasteiger partial charge in [0.05, 0.1) is 18.5 Å². The van der Waals surface area contributed by atoms with Gasteiger partial charge in [-0.1, -0.05) is 25.1 Å². The predicted octanol–water partition coefficient (Wildman–Crippen LogP) is 5.00. The van der Waals surface area contributed by atoms with Crippen LogP contribution < -0.4 is 10.2 Å². The van der Waals surface area contributed by atoms with Gasteiger partial charge in [0.15, 0.2) is 0 Å². The number of hydrogen-bond donors (Lipinski definition) is 2. The van der Waals surface area contributed by atoms with E-state index in [2.05, 4.69) is 10.5 Å². The van der Waals surface area contributed by atoms with Crippen LogP contribution in [0.15, 0.2) is 59.7 Å². The normalized spacial score (nSPS) is 14.4. The molecule has 0 aliphatic carbocycles. The van der Waals surface area contributed by atoms with E-state index in [-0.39, 0.29) is 5.56 Å². The lowest BCUT2D eigenvalue weighted by Gasteiger charge is -2.37. The number of hydrogen-bond acceptors (Lipinski definition) is 4. The third-order valence-electron chi connectivity index (χ3n) is 4.37. The molecular weight excluding hydrogens is 402 g/mol. The Balaban J connectivity index is 2.58. The maximum atomic E-state index is 13.3. The van der Waals surface area contributed by atoms with Crippen molar-refractivity contribution in [2.75, 3.05) is 12.5 Å². The lowest BCUT2D eigenvalue weighted by Crippen LogP contribution is -2.62. The molecule has 0 spiro atoms. The van der Waals surface area contributed by atoms with Gasteiger partial charge in [0, 0.05) is 5.92 Å². The molecule has 0 heterocycles. The molecule has 4 nitrogen and oxygen atoms in total. The molecule has 2 aromatic carbocycles. The zero-order valence-electron chi connectivity index (χ0n) is 15.3. The fourth-order valence-electron chi connectivity index (χ4n) is 2.66. The van der Waals surface area contributed by atoms with Crippen molar-refractivity contribution in [1.29, 1.82) is 0 Å². The van der Waals surface area contributed by atoms with Gasteiger partial charge in [0.1, 0.15) is 5.75 Å². The summed E-state index contributed by atoms with van der Waals surface area (Å²) in [5.74, 6) is -2.13. The first-order valence-corrected chi connectivity index (χ1v) is 8.30. The van der Waals surface area contributed by atoms with Crippen LogP contribution in [0.5, 0.6) is 5.75 Å². The van der Waals surface area contributed by atoms with Crippen LogP contribution in [0, 0.1) is 5.92 Å². The highest BCUT2D eigenvalue weighted by atomic mass is 19.4. The Hall–Kier alpha value is -2.75. The van der Waals surface area contributed by atoms with Crippen LogP contribution in [0.3, 0.4) is 0 Å². The molecule has 10 heteroatoms. The molecular formula is C19H18F6N2O2. The first-order valence-electron chi connectivity index (χ1n) is 8.30. The van der Waals surface area contributed by atoms with Crippen LogP contribution in [0.2, 0.25) is 0 Å². The number of para-hydroxylation sites is 1. The predicted molar refractivity (Wildman–Crippen MR) is 95.8 cm³/mol. The Kier molecular flexibility index (Phi) is 6.46. The van der Waals surface area contributed by atoms with E-state index < -0.39 is 29.6 Å². The standard InChI is InChI=1S/C19H18F6N2O2/c1-12(17(28,18(20,21)22)19(23,24)25)16(13-8-10-15(29-2)11-9-13)27-26-14-6-4-3-5-7-14/h3-12,26,28H,1-2H3/b27-16+/t12-/m0/s1. The molecule has 2 rings (SSSR count). The molecule has 0 amide bonds. The lowest BCUT2D eigenvalue weighted by molar-refractivity contribution is -0.376. The van der Waals surface area contributed by atoms with Gasteiger partial charge in [0.2, 0.25) is 0 Å². The first-order chi connectivity index (χ1) is 13.4. The Morgan fingerprint density at radius 2 is 1.45 bits per heavy atom. The van der Waals surface area contributed by atoms with Gasteiger partial charge >= 0.3 is 12.4 Å². The second kappa shape index (κ2) is 8.32. The number of methoxy groups -OCH3 is 1. The van der Waals surface area contributed by atoms with Crippen LogP contribution in [-0.2, 0) is 0 Å². The van der Waals surface area contributed by atoms with Crippen molar-refractivity contribution in [3.8, 4) is 5.75 Å². The van der Waals surface area contributed by atoms with Gasteiger partial charge in [-0.2, -0.15) is 31.4 Å². The van der Waals surface area contributed by atoms with Gasteiger partial charge in [0.25, 0.3) is 5.60 Å². The minimum absolute atomic E-state index is 0.0475. The first kappa shape index (κ1) is 22.5. The second-order valence-corrected chi connectivity index (χ2v) is 6.19. The van der Waals surface area contributed by atoms with E-state index in [1.807, 2.05) is 0 Å². The summed E-state index contributed by atoms with van der Waals surface area (Å²) in [6, 6.07) is 13.2. The summed E-state index contributed by atoms with van der Waals surface area (Å²) >= 11 is 0. The quantitative estimate of drug-likeness (QED) is 0.393. The van der Waals surface area contributed by atoms with E-state index in [0.29, 0.717) is 18.4 Å². The molecule has 29 heavy (non-hydrogen) atoms. The molecule has 0 unspecified atom stereocenters. The molecule has 0 saturated carbocycles. The van der Waals surface area contributed by atoms with E-state index in [9.17, 15) is 31.4 Å². The summed E-state index contributed by atoms with van der Waals surface area (Å²) < 4.78 is 85.0. The summed E-state index contributed by atoms with van der Waals surface area (Å²) in [5.41, 5.74) is -2.90. The molecule has 0 fully saturated rings. The fourth-order valence-corrected chi connectivity index (χ4v) is 2.66. The minimum Gasteiger partial charge on any atom is -0.497 e. The largest absolute Gasteiger partial charge is 0.497 e. The Morgan fingerprint density at radius 3 is 1.90 bits per heavy atom. The van der Waals surface area contributed by atoms with Crippen LogP contribution in [0.1, 0.15) is 12.5 Å². The molecule has 0 aliphatic heterocycles. The number of nitrogens with one attached hydrogen (secondary N) is 1. The highest BCUT2D eigenvalue weighted by Crippen LogP contribution is 2.48. The number of alkyl halides is 6. The van der Waals surface area contributed by atoms with Gasteiger partial charge < -0.3 is 9.84 Å². The van der Waals surface area contributed by atoms with Crippen molar-refractivity contribution in [2.24, 2.45) is 11.0 Å². The monoisotopic (exact) mass is 420 g/mol. The van der Waals surface area contributed by atoms with Gasteiger partial charge in [-0.15, -0.1) is 0 Å². The van der Waals surface area contributed by atoms with Crippen molar-refractivity contribution in [3.05, 3.63) is 60.2 Å². The van der Waals surface area contributed by atoms with Crippen molar-refractivity contribution >= 4 is 11.4 Å². The minimum atomic E-state index is -5.98. The van der Waals surface area contributed by atoms with Crippen LogP contribution >= 0.6 is 0 Å². The Labute approximate surface area is 162 Å². The van der Waals surface area contributed by atoms with E-state index in [4.69, 9.17) is 4.74 Å². The topological polar surface area (TPSA) is 53.8 Å². The molecule has 0 radical (unpaired) electrons. The Bertz CT molecular complexity index is 819. The van der Waals surface area contributed by atoms with Crippen molar-refractivity contribution in [3.63, 3.8) is 0 Å². The fraction of sp³-hybridized carbons (Fsp3) is 0.316. The third-order valence-corrected chi connectivity index (χ3v) is 4.37. The van der Waals surface area contributed by atoms with E-state index in [0.717, 1.165) is 0 Å². The summed E-state index contributed by atoms with van der Waals surface area (Å²) in [6.45, 7) is 0.622. The average molecular weight is 420 g/mol. The van der Waals surface area contributed by atoms with E-state index in [1.165, 1.54) is 43.5 Å². The van der Waals surface area contributed by atoms with Crippen LogP contribution in [0.4, 0.5) is 32.0 Å². The molecule has 0 aliphatic rings. The summed E-state index contributed by atoms with van der Waals surface area (Å²) in [6.07, 6.45) is -12.0. The number of benzene rings is 2. The summed E-state index contributed by atoms with van der Waals surface area (Å²) in [4.78, 5) is 0. The van der Waals surface area contributed by atoms with Gasteiger partial charge in [-0.3, -0.25) is 5.43 Å². The molecule has 0 aromatic heterocycles. The average Bonchev–Trinajstić information content (AvgIpc) is 2.66. The highest BCUT2D eigenvalue weighted by Gasteiger charge is 2.73. The summed E-state index contributed by atoms with van der Waals surface area (Å²) in [5, 5.41) is 13.6. The van der Waals surface area contributed by atoms with Crippen LogP contribution in [0.25, 0.3) is 0 Å². The number of nitrogens with zero attached hydrogens (tertiary/aromatic N) is 1. The molecule has 0 saturated heterocycles. The third kappa shape index (κ3) is 4.64. The molecule has 2 aromatic rings. The number of halogens is 6. The van der Waals surface area contributed by atoms with Gasteiger partial charge in [-0.05, 0) is 42.0 Å². The zero-order chi connectivity index (χ0) is 21.9.